The number of alkyl halides is 1. The standard InChI is InChI=1S/C27H29ClF3N5O2/c1-15-10-22(35-34-15)33-21-11-18(27(31)6-7-27)24(30)20(32-21)13-26(25(37)38)8-9-36(16(2)12-26)14-17-4-3-5-19(28)23(17)29/h3-5,10-11,16H,6-9,12-14H2,1-2H3,(H,37,38)(H2,32,33,34,35)/t16-,26-/m1/s1. The van der Waals surface area contributed by atoms with Crippen molar-refractivity contribution >= 4 is 29.2 Å². The number of carbonyl (C=O) groups is 1. The van der Waals surface area contributed by atoms with Gasteiger partial charge in [0.25, 0.3) is 0 Å². The van der Waals surface area contributed by atoms with E-state index in [0.29, 0.717) is 17.9 Å². The summed E-state index contributed by atoms with van der Waals surface area (Å²) in [5.74, 6) is -1.72. The summed E-state index contributed by atoms with van der Waals surface area (Å²) >= 11 is 5.92. The van der Waals surface area contributed by atoms with Crippen molar-refractivity contribution in [2.75, 3.05) is 11.9 Å². The summed E-state index contributed by atoms with van der Waals surface area (Å²) in [6.45, 7) is 4.31. The molecule has 202 valence electrons. The van der Waals surface area contributed by atoms with Crippen molar-refractivity contribution in [1.29, 1.82) is 0 Å². The molecule has 2 fully saturated rings. The lowest BCUT2D eigenvalue weighted by Crippen LogP contribution is -2.50. The van der Waals surface area contributed by atoms with E-state index in [4.69, 9.17) is 11.6 Å². The lowest BCUT2D eigenvalue weighted by atomic mass is 9.72. The first-order valence-corrected chi connectivity index (χ1v) is 13.0. The number of aromatic amines is 1. The monoisotopic (exact) mass is 547 g/mol. The fourth-order valence-electron chi connectivity index (χ4n) is 5.33. The Balaban J connectivity index is 1.42. The molecule has 7 nitrogen and oxygen atoms in total. The molecule has 2 aliphatic rings. The molecule has 1 aromatic carbocycles. The second-order valence-corrected chi connectivity index (χ2v) is 11.0. The summed E-state index contributed by atoms with van der Waals surface area (Å²) in [5.41, 5.74) is -2.09. The number of rotatable bonds is 8. The van der Waals surface area contributed by atoms with Gasteiger partial charge in [-0.15, -0.1) is 0 Å². The average molecular weight is 548 g/mol. The molecular weight excluding hydrogens is 519 g/mol. The van der Waals surface area contributed by atoms with Crippen LogP contribution in [0.25, 0.3) is 0 Å². The zero-order chi connectivity index (χ0) is 27.2. The minimum Gasteiger partial charge on any atom is -0.481 e. The maximum Gasteiger partial charge on any atom is 0.310 e. The van der Waals surface area contributed by atoms with Gasteiger partial charge in [-0.1, -0.05) is 23.7 Å². The molecule has 1 aliphatic carbocycles. The predicted molar refractivity (Wildman–Crippen MR) is 137 cm³/mol. The molecule has 11 heteroatoms. The van der Waals surface area contributed by atoms with Crippen LogP contribution < -0.4 is 5.32 Å². The Labute approximate surface area is 223 Å². The van der Waals surface area contributed by atoms with E-state index < -0.39 is 28.7 Å². The van der Waals surface area contributed by atoms with E-state index in [1.54, 1.807) is 18.2 Å². The van der Waals surface area contributed by atoms with Crippen LogP contribution in [0.1, 0.15) is 55.1 Å². The molecule has 1 saturated carbocycles. The van der Waals surface area contributed by atoms with Crippen molar-refractivity contribution in [3.63, 3.8) is 0 Å². The second kappa shape index (κ2) is 9.89. The van der Waals surface area contributed by atoms with Gasteiger partial charge >= 0.3 is 5.97 Å². The maximum absolute atomic E-state index is 15.7. The van der Waals surface area contributed by atoms with Crippen LogP contribution in [-0.4, -0.2) is 43.7 Å². The van der Waals surface area contributed by atoms with E-state index in [9.17, 15) is 14.3 Å². The molecule has 2 atom stereocenters. The van der Waals surface area contributed by atoms with Crippen molar-refractivity contribution in [2.45, 2.75) is 64.2 Å². The summed E-state index contributed by atoms with van der Waals surface area (Å²) in [7, 11) is 0. The van der Waals surface area contributed by atoms with Gasteiger partial charge in [-0.2, -0.15) is 5.10 Å². The molecule has 0 spiro atoms. The molecule has 0 bridgehead atoms. The minimum atomic E-state index is -1.78. The van der Waals surface area contributed by atoms with E-state index >= 15 is 8.78 Å². The number of nitrogens with zero attached hydrogens (tertiary/aromatic N) is 3. The van der Waals surface area contributed by atoms with Crippen molar-refractivity contribution < 1.29 is 23.1 Å². The van der Waals surface area contributed by atoms with Crippen LogP contribution in [0.2, 0.25) is 5.02 Å². The number of pyridine rings is 1. The molecule has 38 heavy (non-hydrogen) atoms. The first kappa shape index (κ1) is 26.5. The number of aryl methyl sites for hydroxylation is 1. The van der Waals surface area contributed by atoms with Crippen molar-refractivity contribution in [2.24, 2.45) is 5.41 Å². The molecule has 3 N–H and O–H groups in total. The number of carboxylic acid groups (broad SMARTS) is 1. The molecule has 2 aromatic heterocycles. The number of aliphatic carboxylic acids is 1. The molecule has 0 amide bonds. The molecule has 3 aromatic rings. The van der Waals surface area contributed by atoms with E-state index in [-0.39, 0.29) is 66.8 Å². The van der Waals surface area contributed by atoms with Gasteiger partial charge in [0.05, 0.1) is 16.1 Å². The molecule has 1 saturated heterocycles. The van der Waals surface area contributed by atoms with Gasteiger partial charge in [0, 0.05) is 41.9 Å². The number of carboxylic acids is 1. The number of likely N-dealkylation sites (tertiary alicyclic amines) is 1. The predicted octanol–water partition coefficient (Wildman–Crippen LogP) is 6.04. The molecular formula is C27H29ClF3N5O2. The first-order chi connectivity index (χ1) is 18.0. The average Bonchev–Trinajstić information content (AvgIpc) is 3.48. The van der Waals surface area contributed by atoms with E-state index in [2.05, 4.69) is 20.5 Å². The fourth-order valence-corrected chi connectivity index (χ4v) is 5.53. The Morgan fingerprint density at radius 2 is 2.00 bits per heavy atom. The van der Waals surface area contributed by atoms with Crippen molar-refractivity contribution in [3.8, 4) is 0 Å². The summed E-state index contributed by atoms with van der Waals surface area (Å²) in [4.78, 5) is 19.0. The van der Waals surface area contributed by atoms with Crippen LogP contribution >= 0.6 is 11.6 Å². The number of piperidine rings is 1. The lowest BCUT2D eigenvalue weighted by molar-refractivity contribution is -0.153. The van der Waals surface area contributed by atoms with Gasteiger partial charge < -0.3 is 10.4 Å². The van der Waals surface area contributed by atoms with E-state index in [1.807, 2.05) is 18.7 Å². The summed E-state index contributed by atoms with van der Waals surface area (Å²) in [5, 5.41) is 20.2. The summed E-state index contributed by atoms with van der Waals surface area (Å²) in [6.07, 6.45) is 0.589. The van der Waals surface area contributed by atoms with Gasteiger partial charge in [-0.05, 0) is 58.2 Å². The van der Waals surface area contributed by atoms with Gasteiger partial charge in [0.2, 0.25) is 0 Å². The van der Waals surface area contributed by atoms with E-state index in [1.165, 1.54) is 12.1 Å². The van der Waals surface area contributed by atoms with Crippen LogP contribution in [0.3, 0.4) is 0 Å². The Kier molecular flexibility index (Phi) is 6.89. The SMILES string of the molecule is Cc1cc(Nc2cc(C3(F)CC3)c(F)c(C[C@@]3(C(=O)O)CCN(Cc4cccc(Cl)c4F)[C@H](C)C3)n2)n[nH]1. The van der Waals surface area contributed by atoms with Crippen LogP contribution in [-0.2, 0) is 23.4 Å². The fraction of sp³-hybridized carbons (Fsp3) is 0.444. The van der Waals surface area contributed by atoms with Crippen LogP contribution in [0.15, 0.2) is 30.3 Å². The first-order valence-electron chi connectivity index (χ1n) is 12.6. The zero-order valence-electron chi connectivity index (χ0n) is 21.1. The quantitative estimate of drug-likeness (QED) is 0.318. The van der Waals surface area contributed by atoms with Crippen LogP contribution in [0, 0.1) is 24.0 Å². The molecule has 0 radical (unpaired) electrons. The highest BCUT2D eigenvalue weighted by molar-refractivity contribution is 6.30. The third-order valence-corrected chi connectivity index (χ3v) is 8.00. The number of nitrogens with one attached hydrogen (secondary N) is 2. The van der Waals surface area contributed by atoms with Gasteiger partial charge in [-0.3, -0.25) is 14.8 Å². The minimum absolute atomic E-state index is 0.0317. The topological polar surface area (TPSA) is 94.1 Å². The maximum atomic E-state index is 15.7. The third-order valence-electron chi connectivity index (χ3n) is 7.71. The second-order valence-electron chi connectivity index (χ2n) is 10.6. The Morgan fingerprint density at radius 3 is 2.63 bits per heavy atom. The third kappa shape index (κ3) is 5.11. The van der Waals surface area contributed by atoms with Gasteiger partial charge in [0.15, 0.2) is 11.6 Å². The number of hydrogen-bond donors (Lipinski definition) is 3. The molecule has 0 unspecified atom stereocenters. The van der Waals surface area contributed by atoms with E-state index in [0.717, 1.165) is 5.69 Å². The van der Waals surface area contributed by atoms with Crippen molar-refractivity contribution in [1.82, 2.24) is 20.1 Å². The van der Waals surface area contributed by atoms with Gasteiger partial charge in [-0.25, -0.2) is 18.2 Å². The van der Waals surface area contributed by atoms with Crippen molar-refractivity contribution in [3.05, 3.63) is 69.5 Å². The summed E-state index contributed by atoms with van der Waals surface area (Å²) < 4.78 is 45.3. The zero-order valence-corrected chi connectivity index (χ0v) is 21.9. The molecule has 1 aliphatic heterocycles. The normalized spacial score (nSPS) is 22.8. The number of H-pyrrole nitrogens is 1. The molecule has 3 heterocycles. The number of anilines is 2. The number of halogens is 4. The Bertz CT molecular complexity index is 1380. The lowest BCUT2D eigenvalue weighted by Gasteiger charge is -2.43. The Morgan fingerprint density at radius 1 is 1.24 bits per heavy atom. The van der Waals surface area contributed by atoms with Crippen LogP contribution in [0.5, 0.6) is 0 Å². The highest BCUT2D eigenvalue weighted by atomic mass is 35.5. The highest BCUT2D eigenvalue weighted by Gasteiger charge is 2.49. The number of aromatic nitrogens is 3. The summed E-state index contributed by atoms with van der Waals surface area (Å²) in [6, 6.07) is 7.62. The largest absolute Gasteiger partial charge is 0.481 e. The van der Waals surface area contributed by atoms with Crippen LogP contribution in [0.4, 0.5) is 24.8 Å². The Hall–Kier alpha value is -3.11. The molecule has 5 rings (SSSR count). The smallest absolute Gasteiger partial charge is 0.310 e. The number of benzene rings is 1. The highest BCUT2D eigenvalue weighted by Crippen LogP contribution is 2.51. The number of hydrogen-bond acceptors (Lipinski definition) is 5. The van der Waals surface area contributed by atoms with Gasteiger partial charge in [0.1, 0.15) is 17.3 Å².